The van der Waals surface area contributed by atoms with Crippen LogP contribution in [0.2, 0.25) is 0 Å². The summed E-state index contributed by atoms with van der Waals surface area (Å²) in [5, 5.41) is 2.86. The molecule has 7 nitrogen and oxygen atoms in total. The van der Waals surface area contributed by atoms with Gasteiger partial charge >= 0.3 is 0 Å². The Morgan fingerprint density at radius 2 is 2.04 bits per heavy atom. The molecule has 0 spiro atoms. The minimum absolute atomic E-state index is 0.169. The van der Waals surface area contributed by atoms with Crippen LogP contribution in [0.4, 0.5) is 5.69 Å². The maximum Gasteiger partial charge on any atom is 0.261 e. The number of hydrogen-bond acceptors (Lipinski definition) is 5. The molecule has 0 aliphatic carbocycles. The highest BCUT2D eigenvalue weighted by Crippen LogP contribution is 2.35. The van der Waals surface area contributed by atoms with Crippen molar-refractivity contribution in [3.05, 3.63) is 53.6 Å². The number of nitrogens with zero attached hydrogens (tertiary/aromatic N) is 1. The van der Waals surface area contributed by atoms with Gasteiger partial charge in [0.15, 0.2) is 6.10 Å². The van der Waals surface area contributed by atoms with Crippen molar-refractivity contribution in [1.82, 2.24) is 5.32 Å². The van der Waals surface area contributed by atoms with Gasteiger partial charge in [0.1, 0.15) is 11.5 Å². The Labute approximate surface area is 165 Å². The van der Waals surface area contributed by atoms with E-state index in [1.807, 2.05) is 37.3 Å². The molecule has 3 rings (SSSR count). The summed E-state index contributed by atoms with van der Waals surface area (Å²) in [5.41, 5.74) is 2.22. The summed E-state index contributed by atoms with van der Waals surface area (Å²) in [5.74, 6) is 0.771. The molecule has 0 bridgehead atoms. The number of amides is 1. The van der Waals surface area contributed by atoms with E-state index in [-0.39, 0.29) is 18.9 Å². The zero-order valence-electron chi connectivity index (χ0n) is 16.1. The van der Waals surface area contributed by atoms with E-state index in [0.29, 0.717) is 23.7 Å². The van der Waals surface area contributed by atoms with Crippen LogP contribution < -0.4 is 19.1 Å². The maximum atomic E-state index is 12.7. The van der Waals surface area contributed by atoms with E-state index in [0.717, 1.165) is 17.4 Å². The van der Waals surface area contributed by atoms with E-state index in [1.54, 1.807) is 19.2 Å². The molecule has 1 unspecified atom stereocenters. The molecular weight excluding hydrogens is 380 g/mol. The van der Waals surface area contributed by atoms with Gasteiger partial charge in [-0.15, -0.1) is 0 Å². The molecular formula is C20H24N2O5S. The molecule has 1 aliphatic rings. The van der Waals surface area contributed by atoms with Crippen LogP contribution in [0.1, 0.15) is 17.5 Å². The minimum Gasteiger partial charge on any atom is -0.496 e. The molecule has 2 aromatic carbocycles. The lowest BCUT2D eigenvalue weighted by atomic mass is 10.2. The maximum absolute atomic E-state index is 12.7. The summed E-state index contributed by atoms with van der Waals surface area (Å²) >= 11 is 0. The molecule has 0 fully saturated rings. The summed E-state index contributed by atoms with van der Waals surface area (Å²) in [6.07, 6.45) is 0.614. The number of para-hydroxylation sites is 1. The highest BCUT2D eigenvalue weighted by molar-refractivity contribution is 7.92. The van der Waals surface area contributed by atoms with Crippen LogP contribution in [-0.2, 0) is 21.4 Å². The second kappa shape index (κ2) is 8.10. The van der Waals surface area contributed by atoms with Crippen LogP contribution in [-0.4, -0.2) is 40.3 Å². The van der Waals surface area contributed by atoms with Gasteiger partial charge in [-0.25, -0.2) is 8.42 Å². The lowest BCUT2D eigenvalue weighted by molar-refractivity contribution is -0.128. The zero-order chi connectivity index (χ0) is 20.3. The minimum atomic E-state index is -3.49. The van der Waals surface area contributed by atoms with Crippen molar-refractivity contribution in [2.45, 2.75) is 26.0 Å². The molecule has 1 atom stereocenters. The topological polar surface area (TPSA) is 84.9 Å². The van der Waals surface area contributed by atoms with E-state index in [1.165, 1.54) is 4.31 Å². The van der Waals surface area contributed by atoms with Crippen molar-refractivity contribution in [1.29, 1.82) is 0 Å². The Morgan fingerprint density at radius 3 is 2.75 bits per heavy atom. The van der Waals surface area contributed by atoms with Gasteiger partial charge in [-0.1, -0.05) is 24.3 Å². The standard InChI is InChI=1S/C20H24N2O5S/c1-14-8-9-18-16(12-14)22(28(3,24)25)11-10-19(27-18)20(23)21-13-15-6-4-5-7-17(15)26-2/h4-9,12,19H,10-11,13H2,1-3H3,(H,21,23). The first kappa shape index (κ1) is 20.0. The summed E-state index contributed by atoms with van der Waals surface area (Å²) in [6.45, 7) is 2.34. The van der Waals surface area contributed by atoms with Crippen molar-refractivity contribution in [3.63, 3.8) is 0 Å². The third-order valence-corrected chi connectivity index (χ3v) is 5.77. The van der Waals surface area contributed by atoms with Gasteiger partial charge in [-0.2, -0.15) is 0 Å². The van der Waals surface area contributed by atoms with E-state index < -0.39 is 16.1 Å². The number of rotatable bonds is 5. The van der Waals surface area contributed by atoms with Gasteiger partial charge < -0.3 is 14.8 Å². The summed E-state index contributed by atoms with van der Waals surface area (Å²) in [7, 11) is -1.91. The lowest BCUT2D eigenvalue weighted by Crippen LogP contribution is -2.39. The quantitative estimate of drug-likeness (QED) is 0.826. The lowest BCUT2D eigenvalue weighted by Gasteiger charge is -2.21. The van der Waals surface area contributed by atoms with Crippen molar-refractivity contribution in [2.75, 3.05) is 24.2 Å². The fourth-order valence-corrected chi connectivity index (χ4v) is 4.10. The monoisotopic (exact) mass is 404 g/mol. The second-order valence-corrected chi connectivity index (χ2v) is 8.64. The Bertz CT molecular complexity index is 974. The zero-order valence-corrected chi connectivity index (χ0v) is 17.0. The number of aryl methyl sites for hydroxylation is 1. The predicted octanol–water partition coefficient (Wildman–Crippen LogP) is 2.24. The number of nitrogens with one attached hydrogen (secondary N) is 1. The molecule has 0 aromatic heterocycles. The Kier molecular flexibility index (Phi) is 5.79. The number of benzene rings is 2. The number of anilines is 1. The van der Waals surface area contributed by atoms with Gasteiger partial charge in [0, 0.05) is 25.1 Å². The van der Waals surface area contributed by atoms with E-state index in [2.05, 4.69) is 5.32 Å². The number of sulfonamides is 1. The van der Waals surface area contributed by atoms with E-state index in [9.17, 15) is 13.2 Å². The van der Waals surface area contributed by atoms with Gasteiger partial charge in [0.25, 0.3) is 5.91 Å². The molecule has 150 valence electrons. The van der Waals surface area contributed by atoms with E-state index in [4.69, 9.17) is 9.47 Å². The Hall–Kier alpha value is -2.74. The Balaban J connectivity index is 1.78. The first-order valence-electron chi connectivity index (χ1n) is 8.94. The molecule has 1 heterocycles. The summed E-state index contributed by atoms with van der Waals surface area (Å²) < 4.78 is 36.9. The second-order valence-electron chi connectivity index (χ2n) is 6.73. The third-order valence-electron chi connectivity index (χ3n) is 4.59. The first-order valence-corrected chi connectivity index (χ1v) is 10.8. The van der Waals surface area contributed by atoms with Gasteiger partial charge in [-0.05, 0) is 30.7 Å². The van der Waals surface area contributed by atoms with Crippen LogP contribution in [0.5, 0.6) is 11.5 Å². The Morgan fingerprint density at radius 1 is 1.29 bits per heavy atom. The highest BCUT2D eigenvalue weighted by Gasteiger charge is 2.31. The molecule has 28 heavy (non-hydrogen) atoms. The van der Waals surface area contributed by atoms with Crippen molar-refractivity contribution in [3.8, 4) is 11.5 Å². The molecule has 0 saturated carbocycles. The number of ether oxygens (including phenoxy) is 2. The first-order chi connectivity index (χ1) is 13.3. The fraction of sp³-hybridized carbons (Fsp3) is 0.350. The number of methoxy groups -OCH3 is 1. The summed E-state index contributed by atoms with van der Waals surface area (Å²) in [6, 6.07) is 12.7. The van der Waals surface area contributed by atoms with Gasteiger partial charge in [0.05, 0.1) is 19.1 Å². The largest absolute Gasteiger partial charge is 0.496 e. The summed E-state index contributed by atoms with van der Waals surface area (Å²) in [4.78, 5) is 12.7. The predicted molar refractivity (Wildman–Crippen MR) is 107 cm³/mol. The van der Waals surface area contributed by atoms with Crippen LogP contribution >= 0.6 is 0 Å². The molecule has 1 N–H and O–H groups in total. The smallest absolute Gasteiger partial charge is 0.261 e. The SMILES string of the molecule is COc1ccccc1CNC(=O)C1CCN(S(C)(=O)=O)c2cc(C)ccc2O1. The normalized spacial score (nSPS) is 16.5. The van der Waals surface area contributed by atoms with Gasteiger partial charge in [0.2, 0.25) is 10.0 Å². The number of hydrogen-bond donors (Lipinski definition) is 1. The average Bonchev–Trinajstić information content (AvgIpc) is 2.85. The highest BCUT2D eigenvalue weighted by atomic mass is 32.2. The van der Waals surface area contributed by atoms with Gasteiger partial charge in [-0.3, -0.25) is 9.10 Å². The van der Waals surface area contributed by atoms with Crippen molar-refractivity contribution in [2.24, 2.45) is 0 Å². The molecule has 0 saturated heterocycles. The van der Waals surface area contributed by atoms with Crippen molar-refractivity contribution >= 4 is 21.6 Å². The number of carbonyl (C=O) groups excluding carboxylic acids is 1. The average molecular weight is 404 g/mol. The fourth-order valence-electron chi connectivity index (χ4n) is 3.16. The van der Waals surface area contributed by atoms with Crippen LogP contribution in [0, 0.1) is 6.92 Å². The molecule has 8 heteroatoms. The van der Waals surface area contributed by atoms with Crippen molar-refractivity contribution < 1.29 is 22.7 Å². The molecule has 1 amide bonds. The molecule has 0 radical (unpaired) electrons. The van der Waals surface area contributed by atoms with E-state index >= 15 is 0 Å². The van der Waals surface area contributed by atoms with Crippen LogP contribution in [0.25, 0.3) is 0 Å². The number of fused-ring (bicyclic) bond motifs is 1. The third kappa shape index (κ3) is 4.39. The number of carbonyl (C=O) groups is 1. The van der Waals surface area contributed by atoms with Crippen LogP contribution in [0.3, 0.4) is 0 Å². The molecule has 2 aromatic rings. The van der Waals surface area contributed by atoms with Crippen LogP contribution in [0.15, 0.2) is 42.5 Å². The molecule has 1 aliphatic heterocycles.